The first-order chi connectivity index (χ1) is 33.9. The second-order valence-electron chi connectivity index (χ2n) is 19.2. The first-order valence-corrected chi connectivity index (χ1v) is 25.0. The van der Waals surface area contributed by atoms with Crippen molar-refractivity contribution in [1.82, 2.24) is 35.4 Å². The Kier molecular flexibility index (Phi) is 13.5. The lowest BCUT2D eigenvalue weighted by atomic mass is 9.91. The van der Waals surface area contributed by atoms with Crippen LogP contribution in [0.25, 0.3) is 5.57 Å². The van der Waals surface area contributed by atoms with Gasteiger partial charge in [0.05, 0.1) is 12.4 Å². The Labute approximate surface area is 411 Å². The Morgan fingerprint density at radius 3 is 2.36 bits per heavy atom. The van der Waals surface area contributed by atoms with Crippen LogP contribution in [0.5, 0.6) is 0 Å². The molecule has 5 aliphatic heterocycles. The zero-order chi connectivity index (χ0) is 48.4. The molecular formula is C53H57N11O5S. The normalized spacial score (nSPS) is 19.6. The van der Waals surface area contributed by atoms with E-state index in [0.29, 0.717) is 35.0 Å². The standard InChI is InChI=1S/C53H57N11O5S/c1-53(54)19-25-63(26-20-53)46-31-57-48(32-56-46)70-42-4-2-3-39(28-42)59-49(66)36-6-9-40(10-7-36)62-23-17-41(18-24-62)61-21-15-35(16-22-61)37-8-12-44(55-30-37)50(67)58-29-34-5-11-43-38(27-34)33-64(52(43)69)45-13-14-47(65)60-51(45)68/h2-12,15,27-28,30-32,41,45H,13-14,16-26,29,33,54H2,1H3,(H,58,67)(H,59,66)(H,60,65,68). The lowest BCUT2D eigenvalue weighted by Gasteiger charge is -2.40. The van der Waals surface area contributed by atoms with Gasteiger partial charge in [0, 0.05) is 104 Å². The van der Waals surface area contributed by atoms with E-state index in [1.165, 1.54) is 22.2 Å². The SMILES string of the molecule is CC1(N)CCN(c2cnc(Sc3cccc(NC(=O)c4ccc(N5CCC(N6CC=C(c7ccc(C(=O)NCc8ccc9c(c8)CN(C8CCC(=O)NC8=O)C9=O)nc7)CC6)CC5)cc4)c3)cn2)CC1. The number of piperidine rings is 3. The number of carbonyl (C=O) groups is 5. The molecule has 1 unspecified atom stereocenters. The summed E-state index contributed by atoms with van der Waals surface area (Å²) in [5.41, 5.74) is 13.3. The molecule has 360 valence electrons. The summed E-state index contributed by atoms with van der Waals surface area (Å²) in [4.78, 5) is 87.0. The van der Waals surface area contributed by atoms with Crippen molar-refractivity contribution in [3.05, 3.63) is 137 Å². The Hall–Kier alpha value is -6.95. The van der Waals surface area contributed by atoms with Crippen molar-refractivity contribution in [2.24, 2.45) is 5.73 Å². The van der Waals surface area contributed by atoms with E-state index in [0.717, 1.165) is 109 Å². The third kappa shape index (κ3) is 10.6. The summed E-state index contributed by atoms with van der Waals surface area (Å²) in [7, 11) is 0. The number of imide groups is 1. The van der Waals surface area contributed by atoms with E-state index in [9.17, 15) is 24.0 Å². The topological polar surface area (TPSA) is 199 Å². The monoisotopic (exact) mass is 959 g/mol. The van der Waals surface area contributed by atoms with Gasteiger partial charge >= 0.3 is 0 Å². The molecule has 5 amide bonds. The number of carbonyl (C=O) groups excluding carboxylic acids is 5. The smallest absolute Gasteiger partial charge is 0.270 e. The van der Waals surface area contributed by atoms with Gasteiger partial charge in [-0.25, -0.2) is 9.97 Å². The lowest BCUT2D eigenvalue weighted by molar-refractivity contribution is -0.136. The minimum Gasteiger partial charge on any atom is -0.371 e. The molecular weight excluding hydrogens is 903 g/mol. The lowest BCUT2D eigenvalue weighted by Crippen LogP contribution is -2.52. The van der Waals surface area contributed by atoms with E-state index >= 15 is 0 Å². The van der Waals surface area contributed by atoms with Crippen molar-refractivity contribution < 1.29 is 24.0 Å². The predicted octanol–water partition coefficient (Wildman–Crippen LogP) is 6.04. The van der Waals surface area contributed by atoms with Crippen molar-refractivity contribution in [2.75, 3.05) is 54.4 Å². The highest BCUT2D eigenvalue weighted by atomic mass is 32.2. The molecule has 3 fully saturated rings. The number of aromatic nitrogens is 3. The van der Waals surface area contributed by atoms with Gasteiger partial charge in [0.1, 0.15) is 22.6 Å². The molecule has 70 heavy (non-hydrogen) atoms. The predicted molar refractivity (Wildman–Crippen MR) is 268 cm³/mol. The van der Waals surface area contributed by atoms with E-state index in [1.54, 1.807) is 30.6 Å². The molecule has 0 spiro atoms. The fourth-order valence-electron chi connectivity index (χ4n) is 10.1. The summed E-state index contributed by atoms with van der Waals surface area (Å²) in [5, 5.41) is 9.12. The number of fused-ring (bicyclic) bond motifs is 1. The van der Waals surface area contributed by atoms with Crippen LogP contribution in [0.3, 0.4) is 0 Å². The fraction of sp³-hybridized carbons (Fsp3) is 0.358. The van der Waals surface area contributed by atoms with E-state index in [-0.39, 0.29) is 48.7 Å². The molecule has 2 aromatic heterocycles. The van der Waals surface area contributed by atoms with Crippen LogP contribution in [0.4, 0.5) is 17.2 Å². The van der Waals surface area contributed by atoms with E-state index in [2.05, 4.69) is 58.6 Å². The average molecular weight is 960 g/mol. The first-order valence-electron chi connectivity index (χ1n) is 24.2. The number of hydrogen-bond donors (Lipinski definition) is 4. The molecule has 10 rings (SSSR count). The van der Waals surface area contributed by atoms with Crippen molar-refractivity contribution in [3.63, 3.8) is 0 Å². The van der Waals surface area contributed by atoms with Crippen LogP contribution >= 0.6 is 11.8 Å². The molecule has 7 heterocycles. The van der Waals surface area contributed by atoms with Gasteiger partial charge in [-0.15, -0.1) is 0 Å². The average Bonchev–Trinajstić information content (AvgIpc) is 3.70. The van der Waals surface area contributed by atoms with Crippen LogP contribution in [-0.4, -0.2) is 111 Å². The van der Waals surface area contributed by atoms with Crippen molar-refractivity contribution in [3.8, 4) is 0 Å². The van der Waals surface area contributed by atoms with Crippen LogP contribution < -0.4 is 31.5 Å². The number of amides is 5. The third-order valence-corrected chi connectivity index (χ3v) is 15.2. The first kappa shape index (κ1) is 46.8. The number of hydrogen-bond acceptors (Lipinski definition) is 13. The highest BCUT2D eigenvalue weighted by Crippen LogP contribution is 2.32. The summed E-state index contributed by atoms with van der Waals surface area (Å²) in [5.74, 6) is -0.574. The van der Waals surface area contributed by atoms with E-state index in [1.807, 2.05) is 66.9 Å². The Morgan fingerprint density at radius 1 is 0.829 bits per heavy atom. The van der Waals surface area contributed by atoms with Gasteiger partial charge < -0.3 is 31.1 Å². The molecule has 5 aromatic rings. The van der Waals surface area contributed by atoms with Gasteiger partial charge in [0.25, 0.3) is 17.7 Å². The second kappa shape index (κ2) is 20.2. The Bertz CT molecular complexity index is 2820. The third-order valence-electron chi connectivity index (χ3n) is 14.3. The number of benzene rings is 3. The molecule has 0 bridgehead atoms. The number of nitrogens with one attached hydrogen (secondary N) is 3. The molecule has 0 aliphatic carbocycles. The molecule has 0 saturated carbocycles. The van der Waals surface area contributed by atoms with Gasteiger partial charge in [-0.2, -0.15) is 0 Å². The second-order valence-corrected chi connectivity index (χ2v) is 20.3. The largest absolute Gasteiger partial charge is 0.371 e. The maximum atomic E-state index is 13.3. The molecule has 0 radical (unpaired) electrons. The van der Waals surface area contributed by atoms with Gasteiger partial charge in [-0.3, -0.25) is 39.2 Å². The molecule has 16 nitrogen and oxygen atoms in total. The van der Waals surface area contributed by atoms with Gasteiger partial charge in [-0.05, 0) is 122 Å². The highest BCUT2D eigenvalue weighted by Gasteiger charge is 2.39. The van der Waals surface area contributed by atoms with Crippen LogP contribution in [0, 0.1) is 0 Å². The number of nitrogens with zero attached hydrogens (tertiary/aromatic N) is 7. The van der Waals surface area contributed by atoms with Crippen LogP contribution in [-0.2, 0) is 22.7 Å². The molecule has 3 aromatic carbocycles. The molecule has 5 N–H and O–H groups in total. The number of rotatable bonds is 12. The molecule has 1 atom stereocenters. The minimum atomic E-state index is -0.673. The van der Waals surface area contributed by atoms with Gasteiger partial charge in [0.2, 0.25) is 11.8 Å². The summed E-state index contributed by atoms with van der Waals surface area (Å²) >= 11 is 1.51. The quantitative estimate of drug-likeness (QED) is 0.106. The number of anilines is 3. The van der Waals surface area contributed by atoms with E-state index < -0.39 is 11.9 Å². The summed E-state index contributed by atoms with van der Waals surface area (Å²) in [6, 6.07) is 24.6. The minimum absolute atomic E-state index is 0.120. The van der Waals surface area contributed by atoms with Gasteiger partial charge in [0.15, 0.2) is 0 Å². The molecule has 5 aliphatic rings. The highest BCUT2D eigenvalue weighted by molar-refractivity contribution is 7.99. The van der Waals surface area contributed by atoms with Crippen molar-refractivity contribution >= 4 is 64.1 Å². The maximum absolute atomic E-state index is 13.3. The van der Waals surface area contributed by atoms with Crippen molar-refractivity contribution in [1.29, 1.82) is 0 Å². The Balaban J connectivity index is 0.652. The summed E-state index contributed by atoms with van der Waals surface area (Å²) in [6.45, 7) is 8.08. The van der Waals surface area contributed by atoms with Gasteiger partial charge in [-0.1, -0.05) is 42.1 Å². The maximum Gasteiger partial charge on any atom is 0.270 e. The summed E-state index contributed by atoms with van der Waals surface area (Å²) in [6.07, 6.45) is 13.0. The van der Waals surface area contributed by atoms with Crippen LogP contribution in [0.2, 0.25) is 0 Å². The molecule has 3 saturated heterocycles. The zero-order valence-electron chi connectivity index (χ0n) is 39.2. The van der Waals surface area contributed by atoms with Crippen LogP contribution in [0.15, 0.2) is 113 Å². The molecule has 17 heteroatoms. The fourth-order valence-corrected chi connectivity index (χ4v) is 10.8. The zero-order valence-corrected chi connectivity index (χ0v) is 40.1. The van der Waals surface area contributed by atoms with Crippen molar-refractivity contribution in [2.45, 2.75) is 92.5 Å². The number of nitrogens with two attached hydrogens (primary N) is 1. The van der Waals surface area contributed by atoms with E-state index in [4.69, 9.17) is 5.73 Å². The van der Waals surface area contributed by atoms with Crippen LogP contribution in [0.1, 0.15) is 99.8 Å². The number of pyridine rings is 1. The summed E-state index contributed by atoms with van der Waals surface area (Å²) < 4.78 is 0. The Morgan fingerprint density at radius 2 is 1.64 bits per heavy atom.